The molecule has 0 aliphatic rings. The SMILES string of the molecule is CC(C)=CCC/C(C)=C/CC/C(C)=C/Cn1ccnc1. The first-order valence-electron chi connectivity index (χ1n) is 7.48. The van der Waals surface area contributed by atoms with Gasteiger partial charge in [-0.3, -0.25) is 0 Å². The second-order valence-corrected chi connectivity index (χ2v) is 5.72. The fraction of sp³-hybridized carbons (Fsp3) is 0.500. The monoisotopic (exact) mass is 272 g/mol. The number of hydrogen-bond acceptors (Lipinski definition) is 1. The molecule has 0 bridgehead atoms. The van der Waals surface area contributed by atoms with E-state index in [4.69, 9.17) is 0 Å². The van der Waals surface area contributed by atoms with Crippen LogP contribution in [0, 0.1) is 0 Å². The lowest BCUT2D eigenvalue weighted by Gasteiger charge is -2.02. The summed E-state index contributed by atoms with van der Waals surface area (Å²) in [6.07, 6.45) is 17.3. The second kappa shape index (κ2) is 9.35. The van der Waals surface area contributed by atoms with Crippen LogP contribution in [0.5, 0.6) is 0 Å². The van der Waals surface area contributed by atoms with Crippen molar-refractivity contribution in [1.82, 2.24) is 9.55 Å². The maximum atomic E-state index is 4.05. The zero-order chi connectivity index (χ0) is 14.8. The minimum atomic E-state index is 0.926. The average molecular weight is 272 g/mol. The Morgan fingerprint density at radius 1 is 0.950 bits per heavy atom. The van der Waals surface area contributed by atoms with Gasteiger partial charge >= 0.3 is 0 Å². The summed E-state index contributed by atoms with van der Waals surface area (Å²) < 4.78 is 2.09. The fourth-order valence-corrected chi connectivity index (χ4v) is 1.99. The molecule has 0 fully saturated rings. The molecule has 0 saturated heterocycles. The summed E-state index contributed by atoms with van der Waals surface area (Å²) in [4.78, 5) is 4.05. The van der Waals surface area contributed by atoms with Crippen LogP contribution in [0.25, 0.3) is 0 Å². The van der Waals surface area contributed by atoms with Crippen LogP contribution in [-0.2, 0) is 6.54 Å². The molecule has 0 aromatic carbocycles. The van der Waals surface area contributed by atoms with Crippen molar-refractivity contribution in [2.75, 3.05) is 0 Å². The van der Waals surface area contributed by atoms with E-state index < -0.39 is 0 Å². The van der Waals surface area contributed by atoms with Gasteiger partial charge in [-0.25, -0.2) is 4.98 Å². The lowest BCUT2D eigenvalue weighted by molar-refractivity contribution is 0.805. The van der Waals surface area contributed by atoms with Crippen molar-refractivity contribution in [2.45, 2.75) is 59.9 Å². The zero-order valence-electron chi connectivity index (χ0n) is 13.4. The number of allylic oxidation sites excluding steroid dienone is 6. The van der Waals surface area contributed by atoms with Crippen LogP contribution in [0.15, 0.2) is 53.7 Å². The van der Waals surface area contributed by atoms with Crippen molar-refractivity contribution in [1.29, 1.82) is 0 Å². The summed E-state index contributed by atoms with van der Waals surface area (Å²) in [5.41, 5.74) is 4.37. The van der Waals surface area contributed by atoms with Gasteiger partial charge in [-0.05, 0) is 53.4 Å². The standard InChI is InChI=1S/C18H28N2/c1-16(2)7-5-8-17(3)9-6-10-18(4)11-13-20-14-12-19-15-20/h7,9,11-12,14-15H,5-6,8,10,13H2,1-4H3/b17-9+,18-11+. The number of hydrogen-bond donors (Lipinski definition) is 0. The van der Waals surface area contributed by atoms with E-state index in [1.807, 2.05) is 18.7 Å². The molecule has 0 aliphatic carbocycles. The predicted octanol–water partition coefficient (Wildman–Crippen LogP) is 5.30. The van der Waals surface area contributed by atoms with Crippen molar-refractivity contribution in [3.05, 3.63) is 53.7 Å². The van der Waals surface area contributed by atoms with E-state index in [0.29, 0.717) is 0 Å². The van der Waals surface area contributed by atoms with E-state index >= 15 is 0 Å². The third-order valence-corrected chi connectivity index (χ3v) is 3.33. The lowest BCUT2D eigenvalue weighted by atomic mass is 10.1. The second-order valence-electron chi connectivity index (χ2n) is 5.72. The summed E-state index contributed by atoms with van der Waals surface area (Å²) in [6, 6.07) is 0. The highest BCUT2D eigenvalue weighted by Gasteiger charge is 1.92. The van der Waals surface area contributed by atoms with Crippen molar-refractivity contribution >= 4 is 0 Å². The van der Waals surface area contributed by atoms with E-state index in [1.165, 1.54) is 29.6 Å². The van der Waals surface area contributed by atoms with Crippen LogP contribution >= 0.6 is 0 Å². The Morgan fingerprint density at radius 3 is 2.20 bits per heavy atom. The van der Waals surface area contributed by atoms with Crippen molar-refractivity contribution in [3.63, 3.8) is 0 Å². The maximum Gasteiger partial charge on any atom is 0.0948 e. The Balaban J connectivity index is 2.24. The molecule has 0 N–H and O–H groups in total. The molecule has 0 spiro atoms. The van der Waals surface area contributed by atoms with Gasteiger partial charge in [0.2, 0.25) is 0 Å². The predicted molar refractivity (Wildman–Crippen MR) is 87.6 cm³/mol. The first-order chi connectivity index (χ1) is 9.58. The Kier molecular flexibility index (Phi) is 7.71. The van der Waals surface area contributed by atoms with Gasteiger partial charge in [0, 0.05) is 18.9 Å². The summed E-state index contributed by atoms with van der Waals surface area (Å²) in [6.45, 7) is 9.70. The number of aromatic nitrogens is 2. The minimum Gasteiger partial charge on any atom is -0.334 e. The summed E-state index contributed by atoms with van der Waals surface area (Å²) >= 11 is 0. The largest absolute Gasteiger partial charge is 0.334 e. The number of nitrogens with zero attached hydrogens (tertiary/aromatic N) is 2. The summed E-state index contributed by atoms with van der Waals surface area (Å²) in [5.74, 6) is 0. The van der Waals surface area contributed by atoms with E-state index in [-0.39, 0.29) is 0 Å². The third kappa shape index (κ3) is 7.78. The molecule has 0 aliphatic heterocycles. The molecule has 0 amide bonds. The highest BCUT2D eigenvalue weighted by molar-refractivity contribution is 5.05. The van der Waals surface area contributed by atoms with Gasteiger partial charge in [0.25, 0.3) is 0 Å². The lowest BCUT2D eigenvalue weighted by Crippen LogP contribution is -1.91. The molecule has 110 valence electrons. The van der Waals surface area contributed by atoms with Gasteiger partial charge in [0.15, 0.2) is 0 Å². The van der Waals surface area contributed by atoms with Crippen molar-refractivity contribution in [2.24, 2.45) is 0 Å². The molecule has 1 aromatic rings. The van der Waals surface area contributed by atoms with Gasteiger partial charge in [-0.15, -0.1) is 0 Å². The Morgan fingerprint density at radius 2 is 1.60 bits per heavy atom. The number of rotatable bonds is 8. The van der Waals surface area contributed by atoms with Gasteiger partial charge in [0.05, 0.1) is 6.33 Å². The van der Waals surface area contributed by atoms with Gasteiger partial charge in [-0.1, -0.05) is 34.9 Å². The number of imidazole rings is 1. The van der Waals surface area contributed by atoms with Crippen LogP contribution < -0.4 is 0 Å². The van der Waals surface area contributed by atoms with Crippen LogP contribution in [0.3, 0.4) is 0 Å². The molecular weight excluding hydrogens is 244 g/mol. The Hall–Kier alpha value is -1.57. The van der Waals surface area contributed by atoms with Gasteiger partial charge in [0.1, 0.15) is 0 Å². The van der Waals surface area contributed by atoms with Crippen LogP contribution in [0.2, 0.25) is 0 Å². The van der Waals surface area contributed by atoms with E-state index in [2.05, 4.69) is 55.5 Å². The molecule has 0 unspecified atom stereocenters. The smallest absolute Gasteiger partial charge is 0.0948 e. The van der Waals surface area contributed by atoms with Crippen LogP contribution in [0.1, 0.15) is 53.4 Å². The molecular formula is C18H28N2. The molecule has 1 aromatic heterocycles. The van der Waals surface area contributed by atoms with Crippen molar-refractivity contribution in [3.8, 4) is 0 Å². The quantitative estimate of drug-likeness (QED) is 0.587. The van der Waals surface area contributed by atoms with Gasteiger partial charge < -0.3 is 4.57 Å². The Labute approximate surface area is 123 Å². The first kappa shape index (κ1) is 16.5. The molecule has 2 heteroatoms. The van der Waals surface area contributed by atoms with E-state index in [1.54, 1.807) is 0 Å². The van der Waals surface area contributed by atoms with E-state index in [9.17, 15) is 0 Å². The zero-order valence-corrected chi connectivity index (χ0v) is 13.4. The molecule has 0 atom stereocenters. The average Bonchev–Trinajstić information content (AvgIpc) is 2.89. The molecule has 1 rings (SSSR count). The normalized spacial score (nSPS) is 12.6. The fourth-order valence-electron chi connectivity index (χ4n) is 1.99. The summed E-state index contributed by atoms with van der Waals surface area (Å²) in [5, 5.41) is 0. The highest BCUT2D eigenvalue weighted by Crippen LogP contribution is 2.11. The topological polar surface area (TPSA) is 17.8 Å². The molecule has 0 radical (unpaired) electrons. The first-order valence-corrected chi connectivity index (χ1v) is 7.48. The molecule has 0 saturated carbocycles. The third-order valence-electron chi connectivity index (χ3n) is 3.33. The molecule has 2 nitrogen and oxygen atoms in total. The summed E-state index contributed by atoms with van der Waals surface area (Å²) in [7, 11) is 0. The highest BCUT2D eigenvalue weighted by atomic mass is 15.0. The van der Waals surface area contributed by atoms with Crippen molar-refractivity contribution < 1.29 is 0 Å². The Bertz CT molecular complexity index is 458. The minimum absolute atomic E-state index is 0.926. The maximum absolute atomic E-state index is 4.05. The van der Waals surface area contributed by atoms with E-state index in [0.717, 1.165) is 19.4 Å². The van der Waals surface area contributed by atoms with Gasteiger partial charge in [-0.2, -0.15) is 0 Å². The molecule has 20 heavy (non-hydrogen) atoms. The molecule has 1 heterocycles. The van der Waals surface area contributed by atoms with Crippen LogP contribution in [-0.4, -0.2) is 9.55 Å². The van der Waals surface area contributed by atoms with Crippen LogP contribution in [0.4, 0.5) is 0 Å².